The second-order valence-corrected chi connectivity index (χ2v) is 6.63. The molecule has 0 unspecified atom stereocenters. The Morgan fingerprint density at radius 3 is 2.52 bits per heavy atom. The Morgan fingerprint density at radius 2 is 1.83 bits per heavy atom. The lowest BCUT2D eigenvalue weighted by molar-refractivity contribution is -1.00. The number of aryl methyl sites for hydroxylation is 2. The number of rotatable bonds is 4. The Labute approximate surface area is 134 Å². The molecule has 0 saturated carbocycles. The molecule has 1 saturated heterocycles. The minimum Gasteiger partial charge on any atom is -0.328 e. The molecule has 0 radical (unpaired) electrons. The summed E-state index contributed by atoms with van der Waals surface area (Å²) in [7, 11) is 5.41. The first-order valence-electron chi connectivity index (χ1n) is 8.24. The number of nitrogens with one attached hydrogen (secondary N) is 2. The normalized spacial score (nSPS) is 21.9. The van der Waals surface area contributed by atoms with E-state index in [-0.39, 0.29) is 11.2 Å². The first kappa shape index (κ1) is 15.9. The van der Waals surface area contributed by atoms with Gasteiger partial charge in [-0.1, -0.05) is 0 Å². The van der Waals surface area contributed by atoms with Crippen LogP contribution in [0.15, 0.2) is 15.9 Å². The van der Waals surface area contributed by atoms with Gasteiger partial charge in [-0.25, -0.2) is 9.78 Å². The molecule has 0 bridgehead atoms. The molecule has 3 heterocycles. The lowest BCUT2D eigenvalue weighted by Gasteiger charge is -2.27. The molecule has 1 aliphatic heterocycles. The van der Waals surface area contributed by atoms with Gasteiger partial charge in [0.15, 0.2) is 11.2 Å². The van der Waals surface area contributed by atoms with Gasteiger partial charge in [-0.2, -0.15) is 0 Å². The molecule has 0 amide bonds. The maximum atomic E-state index is 12.4. The zero-order valence-corrected chi connectivity index (χ0v) is 14.1. The van der Waals surface area contributed by atoms with Gasteiger partial charge in [0.05, 0.1) is 19.9 Å². The van der Waals surface area contributed by atoms with E-state index in [4.69, 9.17) is 0 Å². The Balaban J connectivity index is 1.74. The molecule has 8 heteroatoms. The molecule has 1 aliphatic rings. The minimum atomic E-state index is -0.336. The SMILES string of the molecule is Cn1c(=O)c2c(ncn2CCC[NH+]2CC[NH+](C)CC2)n(C)c1=O. The Hall–Kier alpha value is -1.93. The van der Waals surface area contributed by atoms with Crippen LogP contribution in [0.2, 0.25) is 0 Å². The summed E-state index contributed by atoms with van der Waals surface area (Å²) in [5.41, 5.74) is 0.384. The predicted octanol–water partition coefficient (Wildman–Crippen LogP) is -3.76. The van der Waals surface area contributed by atoms with E-state index >= 15 is 0 Å². The van der Waals surface area contributed by atoms with E-state index < -0.39 is 0 Å². The molecule has 126 valence electrons. The lowest BCUT2D eigenvalue weighted by Crippen LogP contribution is -3.27. The molecule has 0 atom stereocenters. The van der Waals surface area contributed by atoms with Crippen molar-refractivity contribution >= 4 is 11.2 Å². The molecule has 2 aromatic rings. The summed E-state index contributed by atoms with van der Waals surface area (Å²) in [6, 6.07) is 0. The summed E-state index contributed by atoms with van der Waals surface area (Å²) in [6.07, 6.45) is 2.68. The summed E-state index contributed by atoms with van der Waals surface area (Å²) in [6.45, 7) is 6.76. The van der Waals surface area contributed by atoms with Gasteiger partial charge in [0.25, 0.3) is 5.56 Å². The summed E-state index contributed by atoms with van der Waals surface area (Å²) in [4.78, 5) is 31.8. The van der Waals surface area contributed by atoms with Crippen LogP contribution in [0.25, 0.3) is 11.2 Å². The number of piperazine rings is 1. The molecule has 3 rings (SSSR count). The van der Waals surface area contributed by atoms with Crippen LogP contribution in [-0.2, 0) is 20.6 Å². The van der Waals surface area contributed by atoms with Crippen molar-refractivity contribution in [1.82, 2.24) is 18.7 Å². The fourth-order valence-corrected chi connectivity index (χ4v) is 3.35. The monoisotopic (exact) mass is 322 g/mol. The van der Waals surface area contributed by atoms with Gasteiger partial charge in [-0.3, -0.25) is 13.9 Å². The van der Waals surface area contributed by atoms with E-state index in [0.717, 1.165) is 24.1 Å². The first-order chi connectivity index (χ1) is 11.0. The van der Waals surface area contributed by atoms with Crippen molar-refractivity contribution < 1.29 is 9.80 Å². The third kappa shape index (κ3) is 2.96. The number of nitrogens with zero attached hydrogens (tertiary/aromatic N) is 4. The number of fused-ring (bicyclic) bond motifs is 1. The van der Waals surface area contributed by atoms with Crippen LogP contribution in [-0.4, -0.2) is 58.5 Å². The van der Waals surface area contributed by atoms with Crippen LogP contribution in [0.4, 0.5) is 0 Å². The van der Waals surface area contributed by atoms with Crippen molar-refractivity contribution in [3.05, 3.63) is 27.2 Å². The zero-order valence-electron chi connectivity index (χ0n) is 14.1. The van der Waals surface area contributed by atoms with E-state index in [0.29, 0.717) is 11.2 Å². The molecule has 0 aliphatic carbocycles. The Morgan fingerprint density at radius 1 is 1.13 bits per heavy atom. The number of quaternary nitrogens is 2. The van der Waals surface area contributed by atoms with Gasteiger partial charge < -0.3 is 14.4 Å². The molecule has 2 aromatic heterocycles. The number of imidazole rings is 1. The quantitative estimate of drug-likeness (QED) is 0.607. The Kier molecular flexibility index (Phi) is 4.36. The van der Waals surface area contributed by atoms with Crippen molar-refractivity contribution in [2.75, 3.05) is 39.8 Å². The zero-order chi connectivity index (χ0) is 16.6. The van der Waals surface area contributed by atoms with Gasteiger partial charge >= 0.3 is 5.69 Å². The third-order valence-corrected chi connectivity index (χ3v) is 4.96. The third-order valence-electron chi connectivity index (χ3n) is 4.96. The molecular formula is C15H26N6O2+2. The van der Waals surface area contributed by atoms with Gasteiger partial charge in [0.2, 0.25) is 0 Å². The van der Waals surface area contributed by atoms with Gasteiger partial charge in [-0.05, 0) is 0 Å². The molecule has 0 spiro atoms. The molecule has 2 N–H and O–H groups in total. The fraction of sp³-hybridized carbons (Fsp3) is 0.667. The van der Waals surface area contributed by atoms with Crippen LogP contribution in [0.1, 0.15) is 6.42 Å². The Bertz CT molecular complexity index is 810. The highest BCUT2D eigenvalue weighted by Gasteiger charge is 2.19. The van der Waals surface area contributed by atoms with Crippen molar-refractivity contribution in [3.8, 4) is 0 Å². The highest BCUT2D eigenvalue weighted by Crippen LogP contribution is 2.05. The van der Waals surface area contributed by atoms with Crippen molar-refractivity contribution in [1.29, 1.82) is 0 Å². The van der Waals surface area contributed by atoms with E-state index in [1.165, 1.54) is 37.8 Å². The standard InChI is InChI=1S/C15H24N6O2/c1-17-7-9-20(10-8-17)5-4-6-21-11-16-13-12(21)14(22)19(3)15(23)18(13)2/h11H,4-10H2,1-3H3/p+2. The van der Waals surface area contributed by atoms with E-state index in [1.807, 2.05) is 4.57 Å². The lowest BCUT2D eigenvalue weighted by atomic mass is 10.3. The second kappa shape index (κ2) is 6.29. The van der Waals surface area contributed by atoms with Crippen LogP contribution in [0, 0.1) is 0 Å². The maximum Gasteiger partial charge on any atom is 0.332 e. The highest BCUT2D eigenvalue weighted by molar-refractivity contribution is 5.69. The van der Waals surface area contributed by atoms with Crippen molar-refractivity contribution in [2.45, 2.75) is 13.0 Å². The number of likely N-dealkylation sites (N-methyl/N-ethyl adjacent to an activating group) is 1. The predicted molar refractivity (Wildman–Crippen MR) is 87.0 cm³/mol. The van der Waals surface area contributed by atoms with E-state index in [9.17, 15) is 9.59 Å². The molecule has 0 aromatic carbocycles. The van der Waals surface area contributed by atoms with Gasteiger partial charge in [0.1, 0.15) is 26.2 Å². The highest BCUT2D eigenvalue weighted by atomic mass is 16.2. The summed E-state index contributed by atoms with van der Waals surface area (Å²) in [5, 5.41) is 0. The van der Waals surface area contributed by atoms with Gasteiger partial charge in [0, 0.05) is 27.1 Å². The number of hydrogen-bond donors (Lipinski definition) is 2. The topological polar surface area (TPSA) is 70.7 Å². The van der Waals surface area contributed by atoms with E-state index in [2.05, 4.69) is 12.0 Å². The molecule has 1 fully saturated rings. The maximum absolute atomic E-state index is 12.4. The van der Waals surface area contributed by atoms with Crippen LogP contribution >= 0.6 is 0 Å². The van der Waals surface area contributed by atoms with Crippen LogP contribution < -0.4 is 21.0 Å². The molecule has 23 heavy (non-hydrogen) atoms. The summed E-state index contributed by atoms with van der Waals surface area (Å²) in [5.74, 6) is 0. The average molecular weight is 322 g/mol. The second-order valence-electron chi connectivity index (χ2n) is 6.63. The molecular weight excluding hydrogens is 296 g/mol. The van der Waals surface area contributed by atoms with Crippen LogP contribution in [0.3, 0.4) is 0 Å². The van der Waals surface area contributed by atoms with Crippen LogP contribution in [0.5, 0.6) is 0 Å². The summed E-state index contributed by atoms with van der Waals surface area (Å²) >= 11 is 0. The fourth-order valence-electron chi connectivity index (χ4n) is 3.35. The molecule has 8 nitrogen and oxygen atoms in total. The smallest absolute Gasteiger partial charge is 0.328 e. The minimum absolute atomic E-state index is 0.267. The first-order valence-corrected chi connectivity index (χ1v) is 8.24. The number of hydrogen-bond acceptors (Lipinski definition) is 3. The largest absolute Gasteiger partial charge is 0.332 e. The summed E-state index contributed by atoms with van der Waals surface area (Å²) < 4.78 is 4.47. The van der Waals surface area contributed by atoms with E-state index in [1.54, 1.807) is 23.2 Å². The van der Waals surface area contributed by atoms with Crippen molar-refractivity contribution in [2.24, 2.45) is 14.1 Å². The number of aromatic nitrogens is 4. The van der Waals surface area contributed by atoms with Crippen molar-refractivity contribution in [3.63, 3.8) is 0 Å². The average Bonchev–Trinajstić information content (AvgIpc) is 2.97. The van der Waals surface area contributed by atoms with Gasteiger partial charge in [-0.15, -0.1) is 0 Å².